The van der Waals surface area contributed by atoms with Gasteiger partial charge < -0.3 is 19.5 Å². The molecule has 0 spiro atoms. The summed E-state index contributed by atoms with van der Waals surface area (Å²) in [6.07, 6.45) is 4.78. The van der Waals surface area contributed by atoms with E-state index in [0.29, 0.717) is 29.4 Å². The minimum Gasteiger partial charge on any atom is -0.493 e. The molecule has 2 aromatic rings. The van der Waals surface area contributed by atoms with Gasteiger partial charge in [-0.1, -0.05) is 6.07 Å². The second kappa shape index (κ2) is 8.57. The quantitative estimate of drug-likeness (QED) is 0.791. The van der Waals surface area contributed by atoms with Crippen LogP contribution < -0.4 is 19.5 Å². The number of benzene rings is 1. The molecule has 126 valence electrons. The molecule has 1 N–H and O–H groups in total. The molecule has 0 aliphatic carbocycles. The van der Waals surface area contributed by atoms with E-state index < -0.39 is 0 Å². The number of hydrogen-bond donors (Lipinski definition) is 1. The van der Waals surface area contributed by atoms with E-state index in [1.54, 1.807) is 31.5 Å². The number of ether oxygens (including phenoxy) is 3. The third-order valence-electron chi connectivity index (χ3n) is 3.32. The summed E-state index contributed by atoms with van der Waals surface area (Å²) in [4.78, 5) is 16.1. The highest BCUT2D eigenvalue weighted by atomic mass is 16.5. The summed E-state index contributed by atoms with van der Waals surface area (Å²) in [6, 6.07) is 9.10. The van der Waals surface area contributed by atoms with Gasteiger partial charge in [0.15, 0.2) is 11.5 Å². The van der Waals surface area contributed by atoms with Crippen molar-refractivity contribution in [3.05, 3.63) is 53.9 Å². The van der Waals surface area contributed by atoms with Gasteiger partial charge in [-0.15, -0.1) is 0 Å². The zero-order valence-electron chi connectivity index (χ0n) is 13.9. The molecule has 0 aliphatic heterocycles. The number of amides is 1. The maximum Gasteiger partial charge on any atom is 0.244 e. The minimum atomic E-state index is -0.225. The van der Waals surface area contributed by atoms with E-state index in [-0.39, 0.29) is 5.91 Å². The van der Waals surface area contributed by atoms with E-state index in [1.807, 2.05) is 18.2 Å². The highest BCUT2D eigenvalue weighted by Gasteiger charge is 2.14. The van der Waals surface area contributed by atoms with E-state index in [9.17, 15) is 4.79 Å². The highest BCUT2D eigenvalue weighted by Crippen LogP contribution is 2.40. The first-order valence-electron chi connectivity index (χ1n) is 7.34. The van der Waals surface area contributed by atoms with Crippen LogP contribution in [0.4, 0.5) is 0 Å². The Kier molecular flexibility index (Phi) is 6.19. The van der Waals surface area contributed by atoms with Crippen molar-refractivity contribution < 1.29 is 19.0 Å². The summed E-state index contributed by atoms with van der Waals surface area (Å²) >= 11 is 0. The number of nitrogens with one attached hydrogen (secondary N) is 1. The molecule has 0 saturated heterocycles. The van der Waals surface area contributed by atoms with Crippen molar-refractivity contribution in [2.24, 2.45) is 0 Å². The van der Waals surface area contributed by atoms with Gasteiger partial charge >= 0.3 is 0 Å². The molecular formula is C18H20N2O4. The minimum absolute atomic E-state index is 0.225. The Morgan fingerprint density at radius 3 is 2.50 bits per heavy atom. The van der Waals surface area contributed by atoms with Crippen LogP contribution in [0.1, 0.15) is 11.3 Å². The molecule has 1 heterocycles. The van der Waals surface area contributed by atoms with E-state index >= 15 is 0 Å². The Morgan fingerprint density at radius 1 is 1.08 bits per heavy atom. The Morgan fingerprint density at radius 2 is 1.88 bits per heavy atom. The number of nitrogens with zero attached hydrogens (tertiary/aromatic N) is 1. The van der Waals surface area contributed by atoms with Crippen LogP contribution >= 0.6 is 0 Å². The maximum absolute atomic E-state index is 11.9. The summed E-state index contributed by atoms with van der Waals surface area (Å²) in [7, 11) is 4.63. The van der Waals surface area contributed by atoms with Gasteiger partial charge in [-0.25, -0.2) is 0 Å². The van der Waals surface area contributed by atoms with E-state index in [0.717, 1.165) is 5.69 Å². The van der Waals surface area contributed by atoms with Gasteiger partial charge in [0.25, 0.3) is 0 Å². The fraction of sp³-hybridized carbons (Fsp3) is 0.222. The lowest BCUT2D eigenvalue weighted by Crippen LogP contribution is -2.20. The number of methoxy groups -OCH3 is 3. The molecule has 1 aromatic heterocycles. The molecule has 6 heteroatoms. The van der Waals surface area contributed by atoms with Crippen molar-refractivity contribution in [3.63, 3.8) is 0 Å². The molecule has 0 fully saturated rings. The molecule has 2 rings (SSSR count). The van der Waals surface area contributed by atoms with Gasteiger partial charge in [0.1, 0.15) is 0 Å². The third kappa shape index (κ3) is 4.25. The summed E-state index contributed by atoms with van der Waals surface area (Å²) in [5, 5.41) is 2.77. The Bertz CT molecular complexity index is 714. The Hall–Kier alpha value is -3.02. The number of carbonyl (C=O) groups excluding carboxylic acids is 1. The van der Waals surface area contributed by atoms with Crippen molar-refractivity contribution in [3.8, 4) is 17.2 Å². The monoisotopic (exact) mass is 328 g/mol. The van der Waals surface area contributed by atoms with Crippen molar-refractivity contribution in [2.75, 3.05) is 21.3 Å². The van der Waals surface area contributed by atoms with Crippen LogP contribution in [0.3, 0.4) is 0 Å². The molecule has 1 aromatic carbocycles. The standard InChI is InChI=1S/C18H20N2O4/c1-22-15-9-7-13(17(23-2)18(15)24-3)8-10-16(21)20-12-14-6-4-5-11-19-14/h4-11H,12H2,1-3H3,(H,20,21)/b10-8+. The average molecular weight is 328 g/mol. The van der Waals surface area contributed by atoms with Gasteiger partial charge in [-0.3, -0.25) is 9.78 Å². The summed E-state index contributed by atoms with van der Waals surface area (Å²) in [5.74, 6) is 1.32. The topological polar surface area (TPSA) is 69.7 Å². The molecule has 0 saturated carbocycles. The number of carbonyl (C=O) groups is 1. The lowest BCUT2D eigenvalue weighted by Gasteiger charge is -2.13. The Labute approximate surface area is 141 Å². The largest absolute Gasteiger partial charge is 0.493 e. The Balaban J connectivity index is 2.09. The average Bonchev–Trinajstić information content (AvgIpc) is 2.64. The predicted molar refractivity (Wildman–Crippen MR) is 91.2 cm³/mol. The molecule has 0 atom stereocenters. The van der Waals surface area contributed by atoms with E-state index in [1.165, 1.54) is 20.3 Å². The van der Waals surface area contributed by atoms with Crippen molar-refractivity contribution in [1.82, 2.24) is 10.3 Å². The van der Waals surface area contributed by atoms with Crippen molar-refractivity contribution >= 4 is 12.0 Å². The lowest BCUT2D eigenvalue weighted by molar-refractivity contribution is -0.116. The van der Waals surface area contributed by atoms with Gasteiger partial charge in [-0.05, 0) is 30.3 Å². The van der Waals surface area contributed by atoms with Crippen LogP contribution in [0.25, 0.3) is 6.08 Å². The number of aromatic nitrogens is 1. The maximum atomic E-state index is 11.9. The lowest BCUT2D eigenvalue weighted by atomic mass is 10.1. The van der Waals surface area contributed by atoms with Crippen LogP contribution in [-0.4, -0.2) is 32.2 Å². The highest BCUT2D eigenvalue weighted by molar-refractivity contribution is 5.92. The van der Waals surface area contributed by atoms with Crippen LogP contribution in [0.5, 0.6) is 17.2 Å². The second-order valence-electron chi connectivity index (χ2n) is 4.80. The zero-order valence-corrected chi connectivity index (χ0v) is 13.9. The van der Waals surface area contributed by atoms with E-state index in [4.69, 9.17) is 14.2 Å². The van der Waals surface area contributed by atoms with Gasteiger partial charge in [0.05, 0.1) is 33.6 Å². The molecular weight excluding hydrogens is 308 g/mol. The van der Waals surface area contributed by atoms with Crippen molar-refractivity contribution in [1.29, 1.82) is 0 Å². The van der Waals surface area contributed by atoms with Crippen LogP contribution in [0.2, 0.25) is 0 Å². The second-order valence-corrected chi connectivity index (χ2v) is 4.80. The molecule has 0 bridgehead atoms. The van der Waals surface area contributed by atoms with Gasteiger partial charge in [0, 0.05) is 17.8 Å². The first-order chi connectivity index (χ1) is 11.7. The fourth-order valence-corrected chi connectivity index (χ4v) is 2.16. The molecule has 0 radical (unpaired) electrons. The van der Waals surface area contributed by atoms with E-state index in [2.05, 4.69) is 10.3 Å². The van der Waals surface area contributed by atoms with Crippen LogP contribution in [0, 0.1) is 0 Å². The third-order valence-corrected chi connectivity index (χ3v) is 3.32. The summed E-state index contributed by atoms with van der Waals surface area (Å²) < 4.78 is 15.9. The normalized spacial score (nSPS) is 10.5. The van der Waals surface area contributed by atoms with Crippen molar-refractivity contribution in [2.45, 2.75) is 6.54 Å². The smallest absolute Gasteiger partial charge is 0.244 e. The summed E-state index contributed by atoms with van der Waals surface area (Å²) in [6.45, 7) is 0.368. The molecule has 0 unspecified atom stereocenters. The molecule has 0 aliphatic rings. The van der Waals surface area contributed by atoms with Crippen LogP contribution in [0.15, 0.2) is 42.6 Å². The number of rotatable bonds is 7. The zero-order chi connectivity index (χ0) is 17.4. The number of hydrogen-bond acceptors (Lipinski definition) is 5. The first-order valence-corrected chi connectivity index (χ1v) is 7.34. The predicted octanol–water partition coefficient (Wildman–Crippen LogP) is 2.44. The molecule has 6 nitrogen and oxygen atoms in total. The van der Waals surface area contributed by atoms with Crippen LogP contribution in [-0.2, 0) is 11.3 Å². The molecule has 1 amide bonds. The van der Waals surface area contributed by atoms with Gasteiger partial charge in [-0.2, -0.15) is 0 Å². The first kappa shape index (κ1) is 17.3. The molecule has 24 heavy (non-hydrogen) atoms. The summed E-state index contributed by atoms with van der Waals surface area (Å²) in [5.41, 5.74) is 1.51. The number of pyridine rings is 1. The fourth-order valence-electron chi connectivity index (χ4n) is 2.16. The SMILES string of the molecule is COc1ccc(/C=C/C(=O)NCc2ccccn2)c(OC)c1OC. The van der Waals surface area contributed by atoms with Gasteiger partial charge in [0.2, 0.25) is 11.7 Å².